The average molecular weight is 314 g/mol. The van der Waals surface area contributed by atoms with Gasteiger partial charge in [0.1, 0.15) is 11.8 Å². The van der Waals surface area contributed by atoms with Gasteiger partial charge in [-0.05, 0) is 18.6 Å². The van der Waals surface area contributed by atoms with Gasteiger partial charge in [-0.1, -0.05) is 12.1 Å². The van der Waals surface area contributed by atoms with Gasteiger partial charge in [0.05, 0.1) is 25.2 Å². The van der Waals surface area contributed by atoms with Gasteiger partial charge in [-0.2, -0.15) is 0 Å². The first-order chi connectivity index (χ1) is 9.97. The van der Waals surface area contributed by atoms with Crippen molar-refractivity contribution in [3.05, 3.63) is 24.3 Å². The largest absolute Gasteiger partial charge is 0.495 e. The molecule has 0 saturated carbocycles. The lowest BCUT2D eigenvalue weighted by Crippen LogP contribution is -2.31. The van der Waals surface area contributed by atoms with E-state index in [9.17, 15) is 13.2 Å². The van der Waals surface area contributed by atoms with Crippen LogP contribution < -0.4 is 14.8 Å². The summed E-state index contributed by atoms with van der Waals surface area (Å²) < 4.78 is 37.0. The van der Waals surface area contributed by atoms with Crippen LogP contribution in [0.2, 0.25) is 0 Å². The van der Waals surface area contributed by atoms with Crippen molar-refractivity contribution in [2.45, 2.75) is 17.7 Å². The van der Waals surface area contributed by atoms with E-state index in [1.54, 1.807) is 24.3 Å². The summed E-state index contributed by atoms with van der Waals surface area (Å²) in [7, 11) is -0.874. The second kappa shape index (κ2) is 6.31. The monoisotopic (exact) mass is 314 g/mol. The second-order valence-corrected chi connectivity index (χ2v) is 6.65. The molecule has 2 N–H and O–H groups in total. The second-order valence-electron chi connectivity index (χ2n) is 4.69. The Hall–Kier alpha value is -1.80. The summed E-state index contributed by atoms with van der Waals surface area (Å²) in [6.07, 6.45) is 0.178. The number of nitrogens with one attached hydrogen (secondary N) is 2. The van der Waals surface area contributed by atoms with E-state index in [2.05, 4.69) is 14.8 Å². The lowest BCUT2D eigenvalue weighted by atomic mass is 10.2. The molecule has 1 fully saturated rings. The number of methoxy groups -OCH3 is 2. The number of sulfonamides is 1. The molecule has 0 aliphatic carbocycles. The minimum Gasteiger partial charge on any atom is -0.495 e. The van der Waals surface area contributed by atoms with Gasteiger partial charge in [-0.3, -0.25) is 9.52 Å². The van der Waals surface area contributed by atoms with Crippen molar-refractivity contribution >= 4 is 21.7 Å². The fourth-order valence-electron chi connectivity index (χ4n) is 2.23. The topological polar surface area (TPSA) is 93.7 Å². The van der Waals surface area contributed by atoms with E-state index in [4.69, 9.17) is 4.74 Å². The van der Waals surface area contributed by atoms with Crippen molar-refractivity contribution < 1.29 is 22.7 Å². The fourth-order valence-corrected chi connectivity index (χ4v) is 3.63. The van der Waals surface area contributed by atoms with Crippen LogP contribution in [0.3, 0.4) is 0 Å². The molecule has 1 aliphatic rings. The number of benzene rings is 1. The minimum atomic E-state index is -3.62. The lowest BCUT2D eigenvalue weighted by molar-refractivity contribution is -0.142. The molecule has 0 spiro atoms. The Bertz CT molecular complexity index is 617. The number of hydrogen-bond acceptors (Lipinski definition) is 6. The Morgan fingerprint density at radius 2 is 2.05 bits per heavy atom. The molecule has 2 unspecified atom stereocenters. The van der Waals surface area contributed by atoms with Gasteiger partial charge < -0.3 is 14.8 Å². The van der Waals surface area contributed by atoms with Crippen molar-refractivity contribution in [1.29, 1.82) is 0 Å². The molecule has 0 aromatic heterocycles. The van der Waals surface area contributed by atoms with E-state index in [0.717, 1.165) is 0 Å². The molecule has 116 valence electrons. The number of esters is 1. The zero-order valence-electron chi connectivity index (χ0n) is 11.8. The number of para-hydroxylation sites is 2. The van der Waals surface area contributed by atoms with Crippen LogP contribution in [0.5, 0.6) is 5.75 Å². The summed E-state index contributed by atoms with van der Waals surface area (Å²) in [4.78, 5) is 11.4. The van der Waals surface area contributed by atoms with Crippen molar-refractivity contribution in [2.75, 3.05) is 25.5 Å². The first-order valence-corrected chi connectivity index (χ1v) is 7.98. The molecule has 2 atom stereocenters. The standard InChI is InChI=1S/C13H18N2O5S/c1-19-12-6-4-3-5-10(12)15-21(17,18)9-7-11(14-8-9)13(16)20-2/h3-6,9,11,14-15H,7-8H2,1-2H3. The Morgan fingerprint density at radius 3 is 2.71 bits per heavy atom. The highest BCUT2D eigenvalue weighted by Crippen LogP contribution is 2.26. The third kappa shape index (κ3) is 3.45. The normalized spacial score (nSPS) is 21.8. The minimum absolute atomic E-state index is 0.178. The molecule has 1 aromatic rings. The molecular weight excluding hydrogens is 296 g/mol. The highest BCUT2D eigenvalue weighted by atomic mass is 32.2. The molecule has 1 aliphatic heterocycles. The van der Waals surface area contributed by atoms with Gasteiger partial charge in [0.15, 0.2) is 0 Å². The third-order valence-electron chi connectivity index (χ3n) is 3.37. The smallest absolute Gasteiger partial charge is 0.322 e. The van der Waals surface area contributed by atoms with Gasteiger partial charge in [-0.25, -0.2) is 8.42 Å². The zero-order valence-corrected chi connectivity index (χ0v) is 12.6. The third-order valence-corrected chi connectivity index (χ3v) is 5.12. The molecule has 1 heterocycles. The van der Waals surface area contributed by atoms with E-state index in [-0.39, 0.29) is 13.0 Å². The molecular formula is C13H18N2O5S. The summed E-state index contributed by atoms with van der Waals surface area (Å²) in [5, 5.41) is 2.15. The average Bonchev–Trinajstić information content (AvgIpc) is 2.97. The van der Waals surface area contributed by atoms with Crippen molar-refractivity contribution in [2.24, 2.45) is 0 Å². The summed E-state index contributed by atoms with van der Waals surface area (Å²) in [5.41, 5.74) is 0.376. The van der Waals surface area contributed by atoms with Gasteiger partial charge in [0.2, 0.25) is 10.0 Å². The summed E-state index contributed by atoms with van der Waals surface area (Å²) >= 11 is 0. The van der Waals surface area contributed by atoms with E-state index in [1.807, 2.05) is 0 Å². The summed E-state index contributed by atoms with van der Waals surface area (Å²) in [5.74, 6) is -0.0125. The van der Waals surface area contributed by atoms with E-state index in [0.29, 0.717) is 11.4 Å². The Morgan fingerprint density at radius 1 is 1.33 bits per heavy atom. The Balaban J connectivity index is 2.11. The quantitative estimate of drug-likeness (QED) is 0.761. The number of carbonyl (C=O) groups excluding carboxylic acids is 1. The van der Waals surface area contributed by atoms with Gasteiger partial charge in [0, 0.05) is 6.54 Å². The molecule has 0 radical (unpaired) electrons. The predicted octanol–water partition coefficient (Wildman–Crippen LogP) is 0.340. The molecule has 1 aromatic carbocycles. The number of carbonyl (C=O) groups is 1. The fraction of sp³-hybridized carbons (Fsp3) is 0.462. The van der Waals surface area contributed by atoms with Gasteiger partial charge in [-0.15, -0.1) is 0 Å². The zero-order chi connectivity index (χ0) is 15.5. The predicted molar refractivity (Wildman–Crippen MR) is 77.7 cm³/mol. The van der Waals surface area contributed by atoms with Crippen LogP contribution in [0.1, 0.15) is 6.42 Å². The van der Waals surface area contributed by atoms with E-state index < -0.39 is 27.3 Å². The Labute approximate surface area is 123 Å². The molecule has 7 nitrogen and oxygen atoms in total. The Kier molecular flexibility index (Phi) is 4.69. The molecule has 0 amide bonds. The van der Waals surface area contributed by atoms with E-state index >= 15 is 0 Å². The summed E-state index contributed by atoms with van der Waals surface area (Å²) in [6, 6.07) is 6.17. The van der Waals surface area contributed by atoms with Gasteiger partial charge in [0.25, 0.3) is 0 Å². The van der Waals surface area contributed by atoms with Crippen molar-refractivity contribution in [1.82, 2.24) is 5.32 Å². The first kappa shape index (κ1) is 15.6. The first-order valence-electron chi connectivity index (χ1n) is 6.44. The van der Waals surface area contributed by atoms with Crippen molar-refractivity contribution in [3.8, 4) is 5.75 Å². The molecule has 0 bridgehead atoms. The van der Waals surface area contributed by atoms with E-state index in [1.165, 1.54) is 14.2 Å². The highest BCUT2D eigenvalue weighted by Gasteiger charge is 2.38. The summed E-state index contributed by atoms with van der Waals surface area (Å²) in [6.45, 7) is 0.199. The van der Waals surface area contributed by atoms with Crippen LogP contribution in [0.15, 0.2) is 24.3 Å². The van der Waals surface area contributed by atoms with Crippen LogP contribution in [-0.2, 0) is 19.6 Å². The molecule has 21 heavy (non-hydrogen) atoms. The lowest BCUT2D eigenvalue weighted by Gasteiger charge is -2.15. The molecule has 8 heteroatoms. The number of ether oxygens (including phenoxy) is 2. The maximum Gasteiger partial charge on any atom is 0.322 e. The number of anilines is 1. The van der Waals surface area contributed by atoms with Crippen LogP contribution in [0.4, 0.5) is 5.69 Å². The van der Waals surface area contributed by atoms with Gasteiger partial charge >= 0.3 is 5.97 Å². The molecule has 2 rings (SSSR count). The molecule has 1 saturated heterocycles. The van der Waals surface area contributed by atoms with Crippen LogP contribution >= 0.6 is 0 Å². The van der Waals surface area contributed by atoms with Crippen LogP contribution in [0, 0.1) is 0 Å². The maximum atomic E-state index is 12.4. The number of hydrogen-bond donors (Lipinski definition) is 2. The highest BCUT2D eigenvalue weighted by molar-refractivity contribution is 7.93. The van der Waals surface area contributed by atoms with Crippen LogP contribution in [-0.4, -0.2) is 46.4 Å². The van der Waals surface area contributed by atoms with Crippen molar-refractivity contribution in [3.63, 3.8) is 0 Å². The maximum absolute atomic E-state index is 12.4. The van der Waals surface area contributed by atoms with Crippen LogP contribution in [0.25, 0.3) is 0 Å². The SMILES string of the molecule is COC(=O)C1CC(S(=O)(=O)Nc2ccccc2OC)CN1. The number of rotatable bonds is 5.